The van der Waals surface area contributed by atoms with E-state index in [9.17, 15) is 22.4 Å². The van der Waals surface area contributed by atoms with E-state index < -0.39 is 52.7 Å². The minimum atomic E-state index is -5.27. The average molecular weight is 655 g/mol. The van der Waals surface area contributed by atoms with Gasteiger partial charge in [0.05, 0.1) is 17.0 Å². The average Bonchev–Trinajstić information content (AvgIpc) is 3.08. The van der Waals surface area contributed by atoms with E-state index in [1.807, 2.05) is 53.4 Å². The highest BCUT2D eigenvalue weighted by Crippen LogP contribution is 2.46. The van der Waals surface area contributed by atoms with E-state index in [-0.39, 0.29) is 40.8 Å². The van der Waals surface area contributed by atoms with Gasteiger partial charge >= 0.3 is 6.36 Å². The molecule has 4 N–H and O–H groups in total. The van der Waals surface area contributed by atoms with E-state index in [2.05, 4.69) is 20.4 Å². The molecule has 4 heterocycles. The second kappa shape index (κ2) is 13.8. The van der Waals surface area contributed by atoms with Crippen LogP contribution in [0.25, 0.3) is 22.0 Å². The number of aryl methyl sites for hydroxylation is 2. The molecule has 254 valence electrons. The zero-order chi connectivity index (χ0) is 34.9. The van der Waals surface area contributed by atoms with Crippen LogP contribution in [0, 0.1) is 25.5 Å². The minimum Gasteiger partial charge on any atom is -0.472 e. The fourth-order valence-corrected chi connectivity index (χ4v) is 5.38. The summed E-state index contributed by atoms with van der Waals surface area (Å²) in [5.74, 6) is -3.74. The number of aromatic nitrogens is 2. The molecular weight excluding hydrogens is 611 g/mol. The molecular formula is C32H43F5N6O3. The van der Waals surface area contributed by atoms with Crippen LogP contribution in [-0.2, 0) is 4.79 Å². The second-order valence-electron chi connectivity index (χ2n) is 11.6. The maximum atomic E-state index is 16.5. The molecule has 3 atom stereocenters. The van der Waals surface area contributed by atoms with Gasteiger partial charge in [-0.05, 0) is 53.2 Å². The number of nitrogens with one attached hydrogen (secondary N) is 2. The molecule has 3 unspecified atom stereocenters. The van der Waals surface area contributed by atoms with Gasteiger partial charge in [0, 0.05) is 41.5 Å². The molecule has 3 aromatic rings. The normalized spacial score (nSPS) is 19.0. The van der Waals surface area contributed by atoms with Crippen molar-refractivity contribution in [3.05, 3.63) is 35.0 Å². The number of benzene rings is 1. The lowest BCUT2D eigenvalue weighted by Crippen LogP contribution is -2.65. The molecule has 2 aliphatic heterocycles. The predicted octanol–water partition coefficient (Wildman–Crippen LogP) is 6.57. The first-order chi connectivity index (χ1) is 21.4. The Hall–Kier alpha value is -3.94. The highest BCUT2D eigenvalue weighted by Gasteiger charge is 2.42. The topological polar surface area (TPSA) is 115 Å². The number of nitrogen functional groups attached to an aromatic ring is 1. The van der Waals surface area contributed by atoms with Gasteiger partial charge in [0.2, 0.25) is 11.8 Å². The van der Waals surface area contributed by atoms with Crippen molar-refractivity contribution in [3.8, 4) is 22.9 Å². The van der Waals surface area contributed by atoms with E-state index in [1.54, 1.807) is 20.8 Å². The zero-order valence-electron chi connectivity index (χ0n) is 27.8. The number of hydrogen-bond donors (Lipinski definition) is 3. The van der Waals surface area contributed by atoms with Crippen molar-refractivity contribution in [2.45, 2.75) is 99.3 Å². The molecule has 5 rings (SSSR count). The lowest BCUT2D eigenvalue weighted by Gasteiger charge is -2.42. The summed E-state index contributed by atoms with van der Waals surface area (Å²) in [7, 11) is 0. The lowest BCUT2D eigenvalue weighted by atomic mass is 9.99. The molecule has 0 radical (unpaired) electrons. The van der Waals surface area contributed by atoms with Gasteiger partial charge in [0.25, 0.3) is 0 Å². The fourth-order valence-electron chi connectivity index (χ4n) is 5.38. The minimum absolute atomic E-state index is 0.0135. The summed E-state index contributed by atoms with van der Waals surface area (Å²) in [6.45, 7) is 19.1. The number of carbonyl (C=O) groups is 1. The molecule has 0 saturated carbocycles. The zero-order valence-corrected chi connectivity index (χ0v) is 27.8. The second-order valence-corrected chi connectivity index (χ2v) is 11.6. The molecule has 0 bridgehead atoms. The number of pyridine rings is 2. The smallest absolute Gasteiger partial charge is 0.472 e. The van der Waals surface area contributed by atoms with Gasteiger partial charge in [-0.2, -0.15) is 0 Å². The highest BCUT2D eigenvalue weighted by molar-refractivity contribution is 6.02. The molecule has 1 saturated heterocycles. The van der Waals surface area contributed by atoms with Crippen molar-refractivity contribution < 1.29 is 36.2 Å². The van der Waals surface area contributed by atoms with Crippen LogP contribution < -0.4 is 30.7 Å². The van der Waals surface area contributed by atoms with Crippen LogP contribution in [0.15, 0.2) is 12.1 Å². The van der Waals surface area contributed by atoms with Crippen LogP contribution in [0.1, 0.15) is 66.6 Å². The maximum absolute atomic E-state index is 16.5. The number of nitrogens with zero attached hydrogens (tertiary/aromatic N) is 3. The Morgan fingerprint density at radius 1 is 1.09 bits per heavy atom. The first kappa shape index (κ1) is 36.5. The van der Waals surface area contributed by atoms with Crippen molar-refractivity contribution in [1.29, 1.82) is 0 Å². The number of piperazine rings is 1. The predicted molar refractivity (Wildman–Crippen MR) is 169 cm³/mol. The summed E-state index contributed by atoms with van der Waals surface area (Å²) < 4.78 is 81.1. The molecule has 2 aromatic heterocycles. The maximum Gasteiger partial charge on any atom is 0.573 e. The van der Waals surface area contributed by atoms with Crippen LogP contribution in [-0.4, -0.2) is 59.1 Å². The van der Waals surface area contributed by atoms with Crippen molar-refractivity contribution >= 4 is 28.2 Å². The Balaban J connectivity index is 0.00000139. The monoisotopic (exact) mass is 654 g/mol. The van der Waals surface area contributed by atoms with E-state index in [0.29, 0.717) is 29.7 Å². The lowest BCUT2D eigenvalue weighted by molar-refractivity contribution is -0.275. The third-order valence-corrected chi connectivity index (χ3v) is 7.34. The molecule has 46 heavy (non-hydrogen) atoms. The van der Waals surface area contributed by atoms with Crippen molar-refractivity contribution in [2.75, 3.05) is 23.7 Å². The van der Waals surface area contributed by atoms with E-state index >= 15 is 4.39 Å². The van der Waals surface area contributed by atoms with Crippen LogP contribution in [0.4, 0.5) is 33.5 Å². The Kier molecular flexibility index (Phi) is 11.0. The molecule has 1 amide bonds. The van der Waals surface area contributed by atoms with Crippen LogP contribution >= 0.6 is 0 Å². The Morgan fingerprint density at radius 3 is 2.30 bits per heavy atom. The van der Waals surface area contributed by atoms with Crippen LogP contribution in [0.5, 0.6) is 11.6 Å². The number of rotatable bonds is 3. The summed E-state index contributed by atoms with van der Waals surface area (Å²) in [5, 5.41) is 6.37. The number of amides is 1. The first-order valence-electron chi connectivity index (χ1n) is 15.3. The van der Waals surface area contributed by atoms with Gasteiger partial charge in [-0.15, -0.1) is 13.2 Å². The van der Waals surface area contributed by atoms with Crippen molar-refractivity contribution in [1.82, 2.24) is 20.6 Å². The molecule has 1 aromatic carbocycles. The van der Waals surface area contributed by atoms with Crippen LogP contribution in [0.2, 0.25) is 0 Å². The molecule has 0 aliphatic carbocycles. The Morgan fingerprint density at radius 2 is 1.72 bits per heavy atom. The van der Waals surface area contributed by atoms with E-state index in [4.69, 9.17) is 15.5 Å². The van der Waals surface area contributed by atoms with Crippen molar-refractivity contribution in [3.63, 3.8) is 0 Å². The van der Waals surface area contributed by atoms with Gasteiger partial charge in [0.1, 0.15) is 23.7 Å². The summed E-state index contributed by atoms with van der Waals surface area (Å²) in [6.07, 6.45) is -5.86. The number of halogens is 5. The van der Waals surface area contributed by atoms with Gasteiger partial charge in [-0.3, -0.25) is 4.79 Å². The van der Waals surface area contributed by atoms with Crippen molar-refractivity contribution in [2.24, 2.45) is 0 Å². The van der Waals surface area contributed by atoms with Crippen LogP contribution in [0.3, 0.4) is 0 Å². The molecule has 14 heteroatoms. The van der Waals surface area contributed by atoms with Gasteiger partial charge < -0.3 is 30.7 Å². The molecule has 2 aliphatic rings. The van der Waals surface area contributed by atoms with Gasteiger partial charge in [-0.25, -0.2) is 18.7 Å². The van der Waals surface area contributed by atoms with Gasteiger partial charge in [0.15, 0.2) is 17.4 Å². The van der Waals surface area contributed by atoms with Gasteiger partial charge in [-0.1, -0.05) is 27.7 Å². The summed E-state index contributed by atoms with van der Waals surface area (Å²) in [6, 6.07) is 0.619. The molecule has 0 spiro atoms. The number of fused-ring (bicyclic) bond motifs is 2. The number of nitrogens with two attached hydrogens (primary N) is 1. The number of carbonyl (C=O) groups excluding carboxylic acids is 1. The third-order valence-electron chi connectivity index (χ3n) is 7.34. The molecule has 1 fully saturated rings. The quantitative estimate of drug-likeness (QED) is 0.215. The molecule has 9 nitrogen and oxygen atoms in total. The number of ether oxygens (including phenoxy) is 2. The number of anilines is 2. The number of alkyl halides is 3. The largest absolute Gasteiger partial charge is 0.573 e. The Bertz CT molecular complexity index is 1590. The highest BCUT2D eigenvalue weighted by atomic mass is 19.4. The Labute approximate surface area is 266 Å². The van der Waals surface area contributed by atoms with E-state index in [1.165, 1.54) is 0 Å². The number of hydrogen-bond acceptors (Lipinski definition) is 8. The summed E-state index contributed by atoms with van der Waals surface area (Å²) in [5.41, 5.74) is 4.57. The summed E-state index contributed by atoms with van der Waals surface area (Å²) >= 11 is 0. The fraction of sp³-hybridized carbons (Fsp3) is 0.531. The first-order valence-corrected chi connectivity index (χ1v) is 15.3. The SMILES string of the molecule is CC.CC.Cc1nc2c3c(nc(-c4cc(N)cc(F)c4OC(F)(F)F)c(F)c3c1C)OC(C)C1CNC(C(=O)NC(C)(C)C)CN21. The standard InChI is InChI=1S/C28H31F5N6O3.2C2H6/c1-11-12(2)36-24-20-19(11)21(30)22(15-7-14(34)8-16(29)23(15)42-28(31,32)33)37-26(20)41-13(3)18-9-35-17(10-39(18)24)25(40)38-27(4,5)6;2*1-2/h7-8,13,17-18,35H,9-10,34H2,1-6H3,(H,38,40);2*1-2H3. The summed E-state index contributed by atoms with van der Waals surface area (Å²) in [4.78, 5) is 23.9. The third kappa shape index (κ3) is 7.37. The van der Waals surface area contributed by atoms with E-state index in [0.717, 1.165) is 6.07 Å².